The van der Waals surface area contributed by atoms with Gasteiger partial charge in [-0.2, -0.15) is 0 Å². The fourth-order valence-corrected chi connectivity index (χ4v) is 3.83. The molecule has 2 amide bonds. The Balaban J connectivity index is 1.39. The van der Waals surface area contributed by atoms with Crippen molar-refractivity contribution in [1.82, 2.24) is 14.8 Å². The van der Waals surface area contributed by atoms with Gasteiger partial charge in [-0.3, -0.25) is 14.2 Å². The van der Waals surface area contributed by atoms with Crippen molar-refractivity contribution >= 4 is 22.9 Å². The van der Waals surface area contributed by atoms with E-state index in [2.05, 4.69) is 5.32 Å². The number of hydrogen-bond acceptors (Lipinski definition) is 4. The molecule has 1 fully saturated rings. The lowest BCUT2D eigenvalue weighted by atomic mass is 10.0. The van der Waals surface area contributed by atoms with Gasteiger partial charge in [-0.1, -0.05) is 30.3 Å². The van der Waals surface area contributed by atoms with Crippen LogP contribution in [0.5, 0.6) is 0 Å². The minimum absolute atomic E-state index is 0.0274. The van der Waals surface area contributed by atoms with Crippen molar-refractivity contribution in [1.29, 1.82) is 0 Å². The van der Waals surface area contributed by atoms with Gasteiger partial charge in [-0.25, -0.2) is 4.79 Å². The van der Waals surface area contributed by atoms with Crippen molar-refractivity contribution in [2.45, 2.75) is 31.8 Å². The number of amides is 2. The monoisotopic (exact) mass is 393 g/mol. The van der Waals surface area contributed by atoms with Crippen LogP contribution in [0.2, 0.25) is 0 Å². The smallest absolute Gasteiger partial charge is 0.408 e. The van der Waals surface area contributed by atoms with Crippen LogP contribution >= 0.6 is 0 Å². The van der Waals surface area contributed by atoms with E-state index in [0.29, 0.717) is 42.6 Å². The molecule has 2 heterocycles. The first kappa shape index (κ1) is 19.0. The third-order valence-electron chi connectivity index (χ3n) is 5.44. The predicted octanol–water partition coefficient (Wildman–Crippen LogP) is 2.58. The Bertz CT molecular complexity index is 1080. The first-order valence-corrected chi connectivity index (χ1v) is 9.79. The van der Waals surface area contributed by atoms with Gasteiger partial charge < -0.3 is 14.6 Å². The van der Waals surface area contributed by atoms with E-state index < -0.39 is 11.8 Å². The summed E-state index contributed by atoms with van der Waals surface area (Å²) in [5.74, 6) is -0.747. The number of aromatic nitrogens is 1. The van der Waals surface area contributed by atoms with Crippen LogP contribution in [0.15, 0.2) is 63.8 Å². The zero-order valence-corrected chi connectivity index (χ0v) is 16.2. The molecule has 0 radical (unpaired) electrons. The topological polar surface area (TPSA) is 84.5 Å². The van der Waals surface area contributed by atoms with Crippen LogP contribution in [-0.4, -0.2) is 40.4 Å². The Morgan fingerprint density at radius 1 is 1.03 bits per heavy atom. The highest BCUT2D eigenvalue weighted by Gasteiger charge is 2.29. The summed E-state index contributed by atoms with van der Waals surface area (Å²) in [6.07, 6.45) is 1.36. The Hall–Kier alpha value is -3.35. The van der Waals surface area contributed by atoms with Crippen LogP contribution < -0.4 is 11.1 Å². The average Bonchev–Trinajstić information content (AvgIpc) is 3.09. The highest BCUT2D eigenvalue weighted by atomic mass is 16.4. The molecule has 0 saturated carbocycles. The van der Waals surface area contributed by atoms with Crippen LogP contribution in [-0.2, 0) is 4.79 Å². The molecule has 29 heavy (non-hydrogen) atoms. The molecule has 0 bridgehead atoms. The van der Waals surface area contributed by atoms with Crippen LogP contribution in [0.3, 0.4) is 0 Å². The van der Waals surface area contributed by atoms with E-state index in [1.807, 2.05) is 24.3 Å². The Kier molecular flexibility index (Phi) is 5.20. The molecule has 1 unspecified atom stereocenters. The summed E-state index contributed by atoms with van der Waals surface area (Å²) < 4.78 is 6.65. The molecule has 1 aliphatic rings. The number of para-hydroxylation sites is 2. The molecule has 2 aromatic carbocycles. The van der Waals surface area contributed by atoms with Gasteiger partial charge in [-0.05, 0) is 44.0 Å². The van der Waals surface area contributed by atoms with Crippen molar-refractivity contribution in [2.24, 2.45) is 0 Å². The summed E-state index contributed by atoms with van der Waals surface area (Å²) in [7, 11) is 0. The molecule has 7 nitrogen and oxygen atoms in total. The van der Waals surface area contributed by atoms with Gasteiger partial charge in [0.25, 0.3) is 5.91 Å². The standard InChI is InChI=1S/C22H23N3O4/c1-15(25-18-9-5-6-10-19(18)29-22(25)28)21(27)24-13-11-17(12-14-24)23-20(26)16-7-3-2-4-8-16/h2-10,15,17H,11-14H2,1H3,(H,23,26). The molecule has 150 valence electrons. The lowest BCUT2D eigenvalue weighted by Gasteiger charge is -2.34. The molecule has 1 aromatic heterocycles. The largest absolute Gasteiger partial charge is 0.420 e. The summed E-state index contributed by atoms with van der Waals surface area (Å²) in [5, 5.41) is 3.04. The number of carbonyl (C=O) groups is 2. The molecule has 4 rings (SSSR count). The van der Waals surface area contributed by atoms with E-state index >= 15 is 0 Å². The second-order valence-corrected chi connectivity index (χ2v) is 7.32. The highest BCUT2D eigenvalue weighted by molar-refractivity contribution is 5.94. The van der Waals surface area contributed by atoms with E-state index in [-0.39, 0.29) is 17.9 Å². The van der Waals surface area contributed by atoms with Crippen LogP contribution in [0.4, 0.5) is 0 Å². The van der Waals surface area contributed by atoms with E-state index in [1.165, 1.54) is 4.57 Å². The van der Waals surface area contributed by atoms with Crippen molar-refractivity contribution in [2.75, 3.05) is 13.1 Å². The lowest BCUT2D eigenvalue weighted by molar-refractivity contribution is -0.135. The zero-order valence-electron chi connectivity index (χ0n) is 16.2. The van der Waals surface area contributed by atoms with Crippen molar-refractivity contribution in [3.8, 4) is 0 Å². The second kappa shape index (κ2) is 7.95. The van der Waals surface area contributed by atoms with Crippen LogP contribution in [0.25, 0.3) is 11.1 Å². The molecule has 1 saturated heterocycles. The molecule has 0 aliphatic carbocycles. The zero-order chi connectivity index (χ0) is 20.4. The predicted molar refractivity (Wildman–Crippen MR) is 109 cm³/mol. The van der Waals surface area contributed by atoms with Crippen molar-refractivity contribution < 1.29 is 14.0 Å². The number of nitrogens with one attached hydrogen (secondary N) is 1. The van der Waals surface area contributed by atoms with E-state index in [9.17, 15) is 14.4 Å². The van der Waals surface area contributed by atoms with E-state index in [1.54, 1.807) is 42.2 Å². The summed E-state index contributed by atoms with van der Waals surface area (Å²) in [4.78, 5) is 39.3. The number of carbonyl (C=O) groups excluding carboxylic acids is 2. The normalized spacial score (nSPS) is 16.0. The number of likely N-dealkylation sites (tertiary alicyclic amines) is 1. The van der Waals surface area contributed by atoms with Gasteiger partial charge >= 0.3 is 5.76 Å². The Morgan fingerprint density at radius 3 is 2.41 bits per heavy atom. The summed E-state index contributed by atoms with van der Waals surface area (Å²) in [6.45, 7) is 2.79. The number of benzene rings is 2. The van der Waals surface area contributed by atoms with E-state index in [0.717, 1.165) is 0 Å². The van der Waals surface area contributed by atoms with E-state index in [4.69, 9.17) is 4.42 Å². The highest BCUT2D eigenvalue weighted by Crippen LogP contribution is 2.20. The Labute approximate surface area is 167 Å². The third-order valence-corrected chi connectivity index (χ3v) is 5.44. The fourth-order valence-electron chi connectivity index (χ4n) is 3.83. The summed E-state index contributed by atoms with van der Waals surface area (Å²) in [5.41, 5.74) is 1.72. The number of fused-ring (bicyclic) bond motifs is 1. The molecule has 0 spiro atoms. The third kappa shape index (κ3) is 3.81. The average molecular weight is 393 g/mol. The number of piperidine rings is 1. The van der Waals surface area contributed by atoms with Gasteiger partial charge in [0.2, 0.25) is 5.91 Å². The Morgan fingerprint density at radius 2 is 1.69 bits per heavy atom. The summed E-state index contributed by atoms with van der Waals surface area (Å²) in [6, 6.07) is 15.6. The number of hydrogen-bond donors (Lipinski definition) is 1. The molecule has 1 atom stereocenters. The van der Waals surface area contributed by atoms with Gasteiger partial charge in [0, 0.05) is 24.7 Å². The first-order valence-electron chi connectivity index (χ1n) is 9.79. The molecule has 7 heteroatoms. The minimum Gasteiger partial charge on any atom is -0.408 e. The maximum Gasteiger partial charge on any atom is 0.420 e. The number of rotatable bonds is 4. The fraction of sp³-hybridized carbons (Fsp3) is 0.318. The maximum atomic E-state index is 13.0. The molecule has 1 N–H and O–H groups in total. The van der Waals surface area contributed by atoms with Gasteiger partial charge in [-0.15, -0.1) is 0 Å². The molecular formula is C22H23N3O4. The number of oxazole rings is 1. The lowest BCUT2D eigenvalue weighted by Crippen LogP contribution is -2.48. The molecular weight excluding hydrogens is 370 g/mol. The van der Waals surface area contributed by atoms with Crippen molar-refractivity contribution in [3.63, 3.8) is 0 Å². The van der Waals surface area contributed by atoms with Gasteiger partial charge in [0.1, 0.15) is 6.04 Å². The SMILES string of the molecule is CC(C(=O)N1CCC(NC(=O)c2ccccc2)CC1)n1c(=O)oc2ccccc21. The number of nitrogens with zero attached hydrogens (tertiary/aromatic N) is 2. The minimum atomic E-state index is -0.651. The quantitative estimate of drug-likeness (QED) is 0.738. The maximum absolute atomic E-state index is 13.0. The van der Waals surface area contributed by atoms with Gasteiger partial charge in [0.15, 0.2) is 5.58 Å². The van der Waals surface area contributed by atoms with Crippen molar-refractivity contribution in [3.05, 3.63) is 70.7 Å². The summed E-state index contributed by atoms with van der Waals surface area (Å²) >= 11 is 0. The van der Waals surface area contributed by atoms with Gasteiger partial charge in [0.05, 0.1) is 5.52 Å². The van der Waals surface area contributed by atoms with Crippen LogP contribution in [0.1, 0.15) is 36.2 Å². The van der Waals surface area contributed by atoms with Crippen LogP contribution in [0, 0.1) is 0 Å². The second-order valence-electron chi connectivity index (χ2n) is 7.32. The molecule has 3 aromatic rings. The molecule has 1 aliphatic heterocycles. The first-order chi connectivity index (χ1) is 14.0.